The monoisotopic (exact) mass is 396 g/mol. The Hall–Kier alpha value is -2.21. The molecule has 0 radical (unpaired) electrons. The van der Waals surface area contributed by atoms with E-state index in [0.717, 1.165) is 44.4 Å². The van der Waals surface area contributed by atoms with Crippen molar-refractivity contribution in [1.82, 2.24) is 19.6 Å². The molecule has 2 aliphatic heterocycles. The van der Waals surface area contributed by atoms with Gasteiger partial charge in [-0.2, -0.15) is 5.10 Å². The molecule has 0 spiro atoms. The third kappa shape index (κ3) is 4.37. The van der Waals surface area contributed by atoms with Gasteiger partial charge in [0.1, 0.15) is 0 Å². The predicted molar refractivity (Wildman–Crippen MR) is 115 cm³/mol. The van der Waals surface area contributed by atoms with Crippen LogP contribution in [0, 0.1) is 0 Å². The van der Waals surface area contributed by atoms with Crippen LogP contribution in [0.5, 0.6) is 0 Å². The molecule has 0 bridgehead atoms. The highest BCUT2D eigenvalue weighted by molar-refractivity contribution is 5.88. The number of fused-ring (bicyclic) bond motifs is 1. The van der Waals surface area contributed by atoms with E-state index in [9.17, 15) is 9.59 Å². The molecule has 0 saturated carbocycles. The minimum absolute atomic E-state index is 0.0831. The van der Waals surface area contributed by atoms with Gasteiger partial charge in [0.05, 0.1) is 17.5 Å². The van der Waals surface area contributed by atoms with Gasteiger partial charge in [0.15, 0.2) is 0 Å². The first kappa shape index (κ1) is 20.1. The molecule has 0 N–H and O–H groups in total. The molecule has 0 unspecified atom stereocenters. The lowest BCUT2D eigenvalue weighted by molar-refractivity contribution is -0.134. The summed E-state index contributed by atoms with van der Waals surface area (Å²) in [6.07, 6.45) is 7.50. The van der Waals surface area contributed by atoms with Crippen LogP contribution >= 0.6 is 0 Å². The van der Waals surface area contributed by atoms with Crippen LogP contribution < -0.4 is 5.56 Å². The van der Waals surface area contributed by atoms with Gasteiger partial charge >= 0.3 is 0 Å². The highest BCUT2D eigenvalue weighted by Crippen LogP contribution is 2.22. The Kier molecular flexibility index (Phi) is 6.28. The van der Waals surface area contributed by atoms with Crippen molar-refractivity contribution in [3.05, 3.63) is 40.3 Å². The van der Waals surface area contributed by atoms with Gasteiger partial charge in [-0.3, -0.25) is 9.59 Å². The number of carbonyl (C=O) groups excluding carboxylic acids is 1. The standard InChI is InChI=1S/C23H32N4O2/c1-2-27-23(29)20-12-5-4-11-19(20)21(24-27)16-22(28)26-15-9-6-10-18(26)17-25-13-7-3-8-14-25/h4-5,11-12,18H,2-3,6-10,13-17H2,1H3/t18-/m1/s1. The van der Waals surface area contributed by atoms with Gasteiger partial charge < -0.3 is 9.80 Å². The minimum Gasteiger partial charge on any atom is -0.338 e. The number of amides is 1. The van der Waals surface area contributed by atoms with Crippen LogP contribution in [-0.4, -0.2) is 57.7 Å². The number of hydrogen-bond acceptors (Lipinski definition) is 4. The number of aromatic nitrogens is 2. The molecule has 3 heterocycles. The molecule has 1 amide bonds. The summed E-state index contributed by atoms with van der Waals surface area (Å²) >= 11 is 0. The molecule has 29 heavy (non-hydrogen) atoms. The van der Waals surface area contributed by atoms with Crippen molar-refractivity contribution >= 4 is 16.7 Å². The molecular formula is C23H32N4O2. The van der Waals surface area contributed by atoms with E-state index < -0.39 is 0 Å². The molecule has 2 saturated heterocycles. The average molecular weight is 397 g/mol. The number of aryl methyl sites for hydroxylation is 1. The maximum absolute atomic E-state index is 13.3. The summed E-state index contributed by atoms with van der Waals surface area (Å²) in [6, 6.07) is 7.83. The van der Waals surface area contributed by atoms with E-state index in [2.05, 4.69) is 14.9 Å². The van der Waals surface area contributed by atoms with E-state index in [1.807, 2.05) is 31.2 Å². The van der Waals surface area contributed by atoms with Crippen molar-refractivity contribution < 1.29 is 4.79 Å². The number of carbonyl (C=O) groups is 1. The van der Waals surface area contributed by atoms with Gasteiger partial charge in [0, 0.05) is 31.1 Å². The summed E-state index contributed by atoms with van der Waals surface area (Å²) in [6.45, 7) is 6.57. The second-order valence-corrected chi connectivity index (χ2v) is 8.39. The fourth-order valence-corrected chi connectivity index (χ4v) is 4.85. The first-order valence-corrected chi connectivity index (χ1v) is 11.2. The Labute approximate surface area is 172 Å². The molecule has 2 aliphatic rings. The van der Waals surface area contributed by atoms with Crippen molar-refractivity contribution in [3.8, 4) is 0 Å². The predicted octanol–water partition coefficient (Wildman–Crippen LogP) is 2.83. The fourth-order valence-electron chi connectivity index (χ4n) is 4.85. The summed E-state index contributed by atoms with van der Waals surface area (Å²) in [4.78, 5) is 30.5. The molecule has 1 aromatic carbocycles. The van der Waals surface area contributed by atoms with Crippen LogP contribution in [-0.2, 0) is 17.8 Å². The Bertz CT molecular complexity index is 917. The molecule has 2 fully saturated rings. The zero-order chi connectivity index (χ0) is 20.2. The van der Waals surface area contributed by atoms with Crippen molar-refractivity contribution in [2.45, 2.75) is 64.5 Å². The summed E-state index contributed by atoms with van der Waals surface area (Å²) in [5.74, 6) is 0.144. The zero-order valence-corrected chi connectivity index (χ0v) is 17.5. The number of nitrogens with zero attached hydrogens (tertiary/aromatic N) is 4. The van der Waals surface area contributed by atoms with Crippen LogP contribution in [0.3, 0.4) is 0 Å². The highest BCUT2D eigenvalue weighted by Gasteiger charge is 2.29. The topological polar surface area (TPSA) is 58.4 Å². The SMILES string of the molecule is CCn1nc(CC(=O)N2CCCC[C@@H]2CN2CCCCC2)c2ccccc2c1=O. The zero-order valence-electron chi connectivity index (χ0n) is 17.5. The first-order valence-electron chi connectivity index (χ1n) is 11.2. The number of piperidine rings is 2. The maximum atomic E-state index is 13.3. The minimum atomic E-state index is -0.0831. The molecule has 156 valence electrons. The van der Waals surface area contributed by atoms with Gasteiger partial charge in [0.25, 0.3) is 5.56 Å². The number of benzene rings is 1. The summed E-state index contributed by atoms with van der Waals surface area (Å²) < 4.78 is 1.48. The molecular weight excluding hydrogens is 364 g/mol. The van der Waals surface area contributed by atoms with Gasteiger partial charge in [-0.1, -0.05) is 24.6 Å². The molecule has 4 rings (SSSR count). The maximum Gasteiger partial charge on any atom is 0.274 e. The normalized spacial score (nSPS) is 20.9. The number of hydrogen-bond donors (Lipinski definition) is 0. The van der Waals surface area contributed by atoms with Crippen LogP contribution in [0.15, 0.2) is 29.1 Å². The van der Waals surface area contributed by atoms with E-state index in [0.29, 0.717) is 23.7 Å². The van der Waals surface area contributed by atoms with Gasteiger partial charge in [0.2, 0.25) is 5.91 Å². The van der Waals surface area contributed by atoms with E-state index >= 15 is 0 Å². The smallest absolute Gasteiger partial charge is 0.274 e. The van der Waals surface area contributed by atoms with Crippen molar-refractivity contribution in [1.29, 1.82) is 0 Å². The molecule has 1 aromatic heterocycles. The number of rotatable bonds is 5. The third-order valence-electron chi connectivity index (χ3n) is 6.43. The summed E-state index contributed by atoms with van der Waals surface area (Å²) in [7, 11) is 0. The van der Waals surface area contributed by atoms with Crippen LogP contribution in [0.2, 0.25) is 0 Å². The van der Waals surface area contributed by atoms with E-state index in [-0.39, 0.29) is 17.9 Å². The quantitative estimate of drug-likeness (QED) is 0.780. The first-order chi connectivity index (χ1) is 14.2. The van der Waals surface area contributed by atoms with Crippen molar-refractivity contribution in [3.63, 3.8) is 0 Å². The van der Waals surface area contributed by atoms with E-state index in [1.165, 1.54) is 30.4 Å². The lowest BCUT2D eigenvalue weighted by atomic mass is 9.99. The van der Waals surface area contributed by atoms with Crippen LogP contribution in [0.1, 0.15) is 51.1 Å². The van der Waals surface area contributed by atoms with Crippen molar-refractivity contribution in [2.75, 3.05) is 26.2 Å². The second kappa shape index (κ2) is 9.08. The Morgan fingerprint density at radius 3 is 2.52 bits per heavy atom. The third-order valence-corrected chi connectivity index (χ3v) is 6.43. The fraction of sp³-hybridized carbons (Fsp3) is 0.609. The lowest BCUT2D eigenvalue weighted by Gasteiger charge is -2.39. The average Bonchev–Trinajstić information content (AvgIpc) is 2.77. The highest BCUT2D eigenvalue weighted by atomic mass is 16.2. The second-order valence-electron chi connectivity index (χ2n) is 8.39. The largest absolute Gasteiger partial charge is 0.338 e. The van der Waals surface area contributed by atoms with Gasteiger partial charge in [-0.15, -0.1) is 0 Å². The molecule has 6 heteroatoms. The summed E-state index contributed by atoms with van der Waals surface area (Å²) in [5.41, 5.74) is 0.634. The van der Waals surface area contributed by atoms with Crippen molar-refractivity contribution in [2.24, 2.45) is 0 Å². The Morgan fingerprint density at radius 1 is 1.03 bits per heavy atom. The summed E-state index contributed by atoms with van der Waals surface area (Å²) in [5, 5.41) is 6.00. The molecule has 1 atom stereocenters. The molecule has 2 aromatic rings. The van der Waals surface area contributed by atoms with Gasteiger partial charge in [-0.25, -0.2) is 4.68 Å². The van der Waals surface area contributed by atoms with E-state index in [1.54, 1.807) is 0 Å². The molecule has 0 aliphatic carbocycles. The number of likely N-dealkylation sites (tertiary alicyclic amines) is 2. The Balaban J connectivity index is 1.56. The lowest BCUT2D eigenvalue weighted by Crippen LogP contribution is -2.50. The van der Waals surface area contributed by atoms with Gasteiger partial charge in [-0.05, 0) is 58.2 Å². The Morgan fingerprint density at radius 2 is 1.76 bits per heavy atom. The molecule has 6 nitrogen and oxygen atoms in total. The van der Waals surface area contributed by atoms with Crippen LogP contribution in [0.4, 0.5) is 0 Å². The van der Waals surface area contributed by atoms with Crippen LogP contribution in [0.25, 0.3) is 10.8 Å². The van der Waals surface area contributed by atoms with E-state index in [4.69, 9.17) is 0 Å².